The van der Waals surface area contributed by atoms with Crippen molar-refractivity contribution in [2.24, 2.45) is 5.73 Å². The average molecular weight is 203 g/mol. The van der Waals surface area contributed by atoms with Gasteiger partial charge >= 0.3 is 0 Å². The summed E-state index contributed by atoms with van der Waals surface area (Å²) in [5.74, 6) is 0. The van der Waals surface area contributed by atoms with Crippen LogP contribution in [0.1, 0.15) is 11.1 Å². The van der Waals surface area contributed by atoms with E-state index in [1.54, 1.807) is 24.3 Å². The van der Waals surface area contributed by atoms with Crippen molar-refractivity contribution in [2.75, 3.05) is 6.54 Å². The number of nitrogens with zero attached hydrogens (tertiary/aromatic N) is 2. The Morgan fingerprint density at radius 3 is 2.87 bits per heavy atom. The molecule has 0 spiro atoms. The summed E-state index contributed by atoms with van der Waals surface area (Å²) in [6, 6.07) is 6.18. The van der Waals surface area contributed by atoms with E-state index in [0.717, 1.165) is 0 Å². The van der Waals surface area contributed by atoms with Gasteiger partial charge in [0, 0.05) is 12.6 Å². The highest BCUT2D eigenvalue weighted by Gasteiger charge is 2.12. The molecule has 1 aromatic rings. The number of rotatable bonds is 3. The first-order valence-electron chi connectivity index (χ1n) is 4.24. The molecule has 0 bridgehead atoms. The van der Waals surface area contributed by atoms with Crippen molar-refractivity contribution in [3.05, 3.63) is 45.5 Å². The van der Waals surface area contributed by atoms with Crippen LogP contribution in [0.2, 0.25) is 0 Å². The molecule has 5 nitrogen and oxygen atoms in total. The normalized spacial score (nSPS) is 10.1. The van der Waals surface area contributed by atoms with E-state index in [9.17, 15) is 10.1 Å². The van der Waals surface area contributed by atoms with Crippen LogP contribution >= 0.6 is 0 Å². The van der Waals surface area contributed by atoms with Crippen LogP contribution < -0.4 is 5.73 Å². The zero-order chi connectivity index (χ0) is 11.3. The lowest BCUT2D eigenvalue weighted by molar-refractivity contribution is -0.385. The molecule has 0 fully saturated rings. The van der Waals surface area contributed by atoms with E-state index in [2.05, 4.69) is 0 Å². The lowest BCUT2D eigenvalue weighted by Crippen LogP contribution is -1.94. The zero-order valence-electron chi connectivity index (χ0n) is 7.88. The minimum atomic E-state index is -0.571. The van der Waals surface area contributed by atoms with E-state index in [1.165, 1.54) is 12.1 Å². The Morgan fingerprint density at radius 2 is 2.33 bits per heavy atom. The molecule has 0 radical (unpaired) electrons. The Balaban J connectivity index is 3.17. The second kappa shape index (κ2) is 4.88. The lowest BCUT2D eigenvalue weighted by Gasteiger charge is -1.96. The number of hydrogen-bond acceptors (Lipinski definition) is 4. The number of hydrogen-bond donors (Lipinski definition) is 1. The highest BCUT2D eigenvalue weighted by Crippen LogP contribution is 2.20. The first-order valence-corrected chi connectivity index (χ1v) is 4.24. The molecule has 0 aliphatic heterocycles. The van der Waals surface area contributed by atoms with Crippen LogP contribution in [0, 0.1) is 21.4 Å². The fraction of sp³-hybridized carbons (Fsp3) is 0.100. The Bertz CT molecular complexity index is 446. The number of nitro benzene ring substituents is 1. The molecule has 2 N–H and O–H groups in total. The van der Waals surface area contributed by atoms with Gasteiger partial charge < -0.3 is 5.73 Å². The minimum Gasteiger partial charge on any atom is -0.327 e. The standard InChI is InChI=1S/C10H9N3O2/c11-5-1-2-8-3-4-9(7-12)10(6-8)13(14)15/h1-4,6H,5,11H2. The molecule has 5 heteroatoms. The van der Waals surface area contributed by atoms with Crippen LogP contribution in [0.3, 0.4) is 0 Å². The fourth-order valence-corrected chi connectivity index (χ4v) is 1.10. The molecule has 0 amide bonds. The van der Waals surface area contributed by atoms with Gasteiger partial charge in [-0.2, -0.15) is 5.26 Å². The molecule has 1 rings (SSSR count). The van der Waals surface area contributed by atoms with Crippen molar-refractivity contribution in [1.29, 1.82) is 5.26 Å². The van der Waals surface area contributed by atoms with Crippen LogP contribution in [0.15, 0.2) is 24.3 Å². The third kappa shape index (κ3) is 2.62. The third-order valence-corrected chi connectivity index (χ3v) is 1.79. The largest absolute Gasteiger partial charge is 0.327 e. The van der Waals surface area contributed by atoms with Crippen molar-refractivity contribution in [3.8, 4) is 6.07 Å². The van der Waals surface area contributed by atoms with E-state index < -0.39 is 4.92 Å². The van der Waals surface area contributed by atoms with Gasteiger partial charge in [0.15, 0.2) is 0 Å². The number of nitriles is 1. The van der Waals surface area contributed by atoms with Gasteiger partial charge in [-0.3, -0.25) is 10.1 Å². The molecule has 0 aliphatic carbocycles. The summed E-state index contributed by atoms with van der Waals surface area (Å²) >= 11 is 0. The summed E-state index contributed by atoms with van der Waals surface area (Å²) in [7, 11) is 0. The van der Waals surface area contributed by atoms with Gasteiger partial charge in [0.2, 0.25) is 0 Å². The van der Waals surface area contributed by atoms with Crippen molar-refractivity contribution in [1.82, 2.24) is 0 Å². The monoisotopic (exact) mass is 203 g/mol. The van der Waals surface area contributed by atoms with Gasteiger partial charge in [-0.05, 0) is 11.6 Å². The Hall–Kier alpha value is -2.19. The summed E-state index contributed by atoms with van der Waals surface area (Å²) < 4.78 is 0. The van der Waals surface area contributed by atoms with Crippen LogP contribution in [-0.4, -0.2) is 11.5 Å². The van der Waals surface area contributed by atoms with Crippen molar-refractivity contribution >= 4 is 11.8 Å². The summed E-state index contributed by atoms with van der Waals surface area (Å²) in [5.41, 5.74) is 5.79. The van der Waals surface area contributed by atoms with E-state index in [0.29, 0.717) is 12.1 Å². The number of benzene rings is 1. The molecule has 0 saturated carbocycles. The lowest BCUT2D eigenvalue weighted by atomic mass is 10.1. The van der Waals surface area contributed by atoms with Gasteiger partial charge in [0.25, 0.3) is 5.69 Å². The van der Waals surface area contributed by atoms with Crippen LogP contribution in [-0.2, 0) is 0 Å². The van der Waals surface area contributed by atoms with Gasteiger partial charge in [-0.25, -0.2) is 0 Å². The average Bonchev–Trinajstić information content (AvgIpc) is 2.25. The van der Waals surface area contributed by atoms with Gasteiger partial charge in [0.05, 0.1) is 4.92 Å². The van der Waals surface area contributed by atoms with Crippen molar-refractivity contribution in [2.45, 2.75) is 0 Å². The second-order valence-electron chi connectivity index (χ2n) is 2.78. The molecule has 0 aliphatic rings. The number of nitro groups is 1. The predicted octanol–water partition coefficient (Wildman–Crippen LogP) is 1.44. The molecule has 0 saturated heterocycles. The van der Waals surface area contributed by atoms with E-state index >= 15 is 0 Å². The zero-order valence-corrected chi connectivity index (χ0v) is 7.88. The first kappa shape index (κ1) is 10.9. The topological polar surface area (TPSA) is 93.0 Å². The van der Waals surface area contributed by atoms with Gasteiger partial charge in [0.1, 0.15) is 11.6 Å². The quantitative estimate of drug-likeness (QED) is 0.594. The SMILES string of the molecule is N#Cc1ccc(C=CCN)cc1[N+](=O)[O-]. The Morgan fingerprint density at radius 1 is 1.60 bits per heavy atom. The minimum absolute atomic E-state index is 0.0601. The first-order chi connectivity index (χ1) is 7.19. The summed E-state index contributed by atoms with van der Waals surface area (Å²) in [4.78, 5) is 10.0. The highest BCUT2D eigenvalue weighted by atomic mass is 16.6. The van der Waals surface area contributed by atoms with Crippen LogP contribution in [0.5, 0.6) is 0 Å². The molecular weight excluding hydrogens is 194 g/mol. The van der Waals surface area contributed by atoms with Gasteiger partial charge in [-0.1, -0.05) is 18.2 Å². The highest BCUT2D eigenvalue weighted by molar-refractivity contribution is 5.59. The summed E-state index contributed by atoms with van der Waals surface area (Å²) in [6.45, 7) is 0.369. The van der Waals surface area contributed by atoms with Crippen LogP contribution in [0.25, 0.3) is 6.08 Å². The summed E-state index contributed by atoms with van der Waals surface area (Å²) in [5, 5.41) is 19.3. The predicted molar refractivity (Wildman–Crippen MR) is 55.9 cm³/mol. The molecular formula is C10H9N3O2. The van der Waals surface area contributed by atoms with Crippen molar-refractivity contribution in [3.63, 3.8) is 0 Å². The molecule has 76 valence electrons. The molecule has 0 heterocycles. The third-order valence-electron chi connectivity index (χ3n) is 1.79. The van der Waals surface area contributed by atoms with Crippen molar-refractivity contribution < 1.29 is 4.92 Å². The maximum absolute atomic E-state index is 10.6. The maximum Gasteiger partial charge on any atom is 0.287 e. The smallest absolute Gasteiger partial charge is 0.287 e. The fourth-order valence-electron chi connectivity index (χ4n) is 1.10. The molecule has 1 aromatic carbocycles. The summed E-state index contributed by atoms with van der Waals surface area (Å²) in [6.07, 6.45) is 3.36. The van der Waals surface area contributed by atoms with E-state index in [1.807, 2.05) is 0 Å². The molecule has 0 unspecified atom stereocenters. The van der Waals surface area contributed by atoms with E-state index in [4.69, 9.17) is 11.0 Å². The molecule has 0 aromatic heterocycles. The molecule has 15 heavy (non-hydrogen) atoms. The Labute approximate surface area is 86.6 Å². The second-order valence-corrected chi connectivity index (χ2v) is 2.78. The Kier molecular flexibility index (Phi) is 3.55. The molecule has 0 atom stereocenters. The maximum atomic E-state index is 10.6. The van der Waals surface area contributed by atoms with Crippen LogP contribution in [0.4, 0.5) is 5.69 Å². The number of nitrogens with two attached hydrogens (primary N) is 1. The van der Waals surface area contributed by atoms with Gasteiger partial charge in [-0.15, -0.1) is 0 Å². The van der Waals surface area contributed by atoms with E-state index in [-0.39, 0.29) is 11.3 Å².